The van der Waals surface area contributed by atoms with Crippen LogP contribution >= 0.6 is 11.8 Å². The lowest BCUT2D eigenvalue weighted by atomic mass is 10.2. The molecular weight excluding hydrogens is 438 g/mol. The van der Waals surface area contributed by atoms with Gasteiger partial charge in [-0.2, -0.15) is 0 Å². The first kappa shape index (κ1) is 24.3. The smallest absolute Gasteiger partial charge is 0.261 e. The molecule has 0 aliphatic rings. The first-order valence-electron chi connectivity index (χ1n) is 10.9. The molecule has 3 rings (SSSR count). The van der Waals surface area contributed by atoms with Gasteiger partial charge in [-0.05, 0) is 50.1 Å². The summed E-state index contributed by atoms with van der Waals surface area (Å²) in [6.45, 7) is 6.61. The van der Waals surface area contributed by atoms with Gasteiger partial charge in [0.2, 0.25) is 5.91 Å². The van der Waals surface area contributed by atoms with Crippen molar-refractivity contribution in [1.29, 1.82) is 0 Å². The van der Waals surface area contributed by atoms with Crippen molar-refractivity contribution in [2.45, 2.75) is 51.5 Å². The van der Waals surface area contributed by atoms with E-state index in [9.17, 15) is 9.59 Å². The van der Waals surface area contributed by atoms with Crippen molar-refractivity contribution >= 4 is 29.3 Å². The summed E-state index contributed by atoms with van der Waals surface area (Å²) in [6.07, 6.45) is 0.304. The number of aromatic nitrogens is 3. The number of amides is 2. The van der Waals surface area contributed by atoms with Crippen molar-refractivity contribution < 1.29 is 14.3 Å². The number of ether oxygens (including phenoxy) is 1. The normalized spacial score (nSPS) is 11.6. The van der Waals surface area contributed by atoms with E-state index in [0.717, 1.165) is 12.1 Å². The van der Waals surface area contributed by atoms with E-state index < -0.39 is 6.10 Å². The molecule has 0 unspecified atom stereocenters. The minimum Gasteiger partial charge on any atom is -0.481 e. The van der Waals surface area contributed by atoms with Gasteiger partial charge in [-0.3, -0.25) is 9.59 Å². The van der Waals surface area contributed by atoms with Crippen molar-refractivity contribution in [3.63, 3.8) is 0 Å². The van der Waals surface area contributed by atoms with Crippen molar-refractivity contribution in [2.75, 3.05) is 11.1 Å². The Kier molecular flexibility index (Phi) is 8.88. The monoisotopic (exact) mass is 467 g/mol. The van der Waals surface area contributed by atoms with Crippen LogP contribution in [0.4, 0.5) is 5.69 Å². The average Bonchev–Trinajstić information content (AvgIpc) is 3.24. The average molecular weight is 468 g/mol. The minimum atomic E-state index is -0.647. The number of hydrogen-bond acceptors (Lipinski definition) is 6. The van der Waals surface area contributed by atoms with Crippen LogP contribution in [0.5, 0.6) is 5.75 Å². The third-order valence-corrected chi connectivity index (χ3v) is 5.90. The molecule has 0 aliphatic carbocycles. The number of benzene rings is 2. The topological polar surface area (TPSA) is 98.1 Å². The van der Waals surface area contributed by atoms with Crippen LogP contribution in [0, 0.1) is 0 Å². The second-order valence-electron chi connectivity index (χ2n) is 7.32. The number of carbonyl (C=O) groups excluding carboxylic acids is 2. The summed E-state index contributed by atoms with van der Waals surface area (Å²) in [5, 5.41) is 14.7. The summed E-state index contributed by atoms with van der Waals surface area (Å²) in [6, 6.07) is 17.0. The van der Waals surface area contributed by atoms with Gasteiger partial charge in [-0.1, -0.05) is 49.0 Å². The second kappa shape index (κ2) is 12.1. The van der Waals surface area contributed by atoms with Crippen LogP contribution in [0.1, 0.15) is 32.2 Å². The van der Waals surface area contributed by atoms with Gasteiger partial charge in [-0.15, -0.1) is 10.2 Å². The van der Waals surface area contributed by atoms with Gasteiger partial charge in [0, 0.05) is 12.2 Å². The molecule has 0 fully saturated rings. The summed E-state index contributed by atoms with van der Waals surface area (Å²) in [5.41, 5.74) is 1.96. The highest BCUT2D eigenvalue weighted by Crippen LogP contribution is 2.18. The summed E-state index contributed by atoms with van der Waals surface area (Å²) < 4.78 is 7.62. The van der Waals surface area contributed by atoms with Crippen LogP contribution in [0.3, 0.4) is 0 Å². The Morgan fingerprint density at radius 3 is 2.45 bits per heavy atom. The summed E-state index contributed by atoms with van der Waals surface area (Å²) in [5.74, 6) is 1.12. The lowest BCUT2D eigenvalue weighted by Gasteiger charge is -2.15. The Morgan fingerprint density at radius 1 is 1.06 bits per heavy atom. The molecule has 1 atom stereocenters. The molecular formula is C24H29N5O3S. The molecule has 8 nitrogen and oxygen atoms in total. The predicted molar refractivity (Wildman–Crippen MR) is 129 cm³/mol. The van der Waals surface area contributed by atoms with Gasteiger partial charge in [0.25, 0.3) is 5.91 Å². The largest absolute Gasteiger partial charge is 0.481 e. The molecule has 2 amide bonds. The fourth-order valence-corrected chi connectivity index (χ4v) is 3.92. The minimum absolute atomic E-state index is 0.121. The van der Waals surface area contributed by atoms with Gasteiger partial charge in [0.05, 0.1) is 12.3 Å². The maximum Gasteiger partial charge on any atom is 0.261 e. The molecule has 0 bridgehead atoms. The highest BCUT2D eigenvalue weighted by molar-refractivity contribution is 7.99. The summed E-state index contributed by atoms with van der Waals surface area (Å²) in [4.78, 5) is 24.7. The SMILES string of the molecule is CCc1ccc(O[C@@H](C)C(=O)NCc2nnc(SCC(=O)Nc3ccccc3)n2CC)cc1. The number of carbonyl (C=O) groups is 2. The fraction of sp³-hybridized carbons (Fsp3) is 0.333. The summed E-state index contributed by atoms with van der Waals surface area (Å²) in [7, 11) is 0. The quantitative estimate of drug-likeness (QED) is 0.418. The lowest BCUT2D eigenvalue weighted by Crippen LogP contribution is -2.36. The van der Waals surface area contributed by atoms with Crippen molar-refractivity contribution in [3.05, 3.63) is 66.0 Å². The zero-order chi connectivity index (χ0) is 23.6. The van der Waals surface area contributed by atoms with Crippen molar-refractivity contribution in [1.82, 2.24) is 20.1 Å². The standard InChI is InChI=1S/C24H29N5O3S/c1-4-18-11-13-20(14-12-18)32-17(3)23(31)25-15-21-27-28-24(29(21)5-2)33-16-22(30)26-19-9-7-6-8-10-19/h6-14,17H,4-5,15-16H2,1-3H3,(H,25,31)(H,26,30)/t17-/m0/s1. The van der Waals surface area contributed by atoms with E-state index in [2.05, 4.69) is 27.8 Å². The molecule has 0 aliphatic heterocycles. The molecule has 9 heteroatoms. The second-order valence-corrected chi connectivity index (χ2v) is 8.26. The molecule has 0 spiro atoms. The molecule has 3 aromatic rings. The number of aryl methyl sites for hydroxylation is 1. The Balaban J connectivity index is 1.50. The van der Waals surface area contributed by atoms with Crippen molar-refractivity contribution in [3.8, 4) is 5.75 Å². The van der Waals surface area contributed by atoms with Gasteiger partial charge in [0.1, 0.15) is 5.75 Å². The van der Waals surface area contributed by atoms with Crippen LogP contribution < -0.4 is 15.4 Å². The zero-order valence-corrected chi connectivity index (χ0v) is 19.9. The first-order chi connectivity index (χ1) is 16.0. The first-order valence-corrected chi connectivity index (χ1v) is 11.9. The third-order valence-electron chi connectivity index (χ3n) is 4.93. The number of nitrogens with one attached hydrogen (secondary N) is 2. The van der Waals surface area contributed by atoms with Crippen LogP contribution in [0.15, 0.2) is 59.8 Å². The van der Waals surface area contributed by atoms with E-state index in [4.69, 9.17) is 4.74 Å². The number of nitrogens with zero attached hydrogens (tertiary/aromatic N) is 3. The number of para-hydroxylation sites is 1. The van der Waals surface area contributed by atoms with E-state index in [0.29, 0.717) is 23.3 Å². The molecule has 174 valence electrons. The van der Waals surface area contributed by atoms with Gasteiger partial charge in [-0.25, -0.2) is 0 Å². The Hall–Kier alpha value is -3.33. The third kappa shape index (κ3) is 7.08. The van der Waals surface area contributed by atoms with E-state index in [1.165, 1.54) is 17.3 Å². The highest BCUT2D eigenvalue weighted by atomic mass is 32.2. The predicted octanol–water partition coefficient (Wildman–Crippen LogP) is 3.67. The van der Waals surface area contributed by atoms with E-state index in [1.54, 1.807) is 6.92 Å². The Labute approximate surface area is 198 Å². The van der Waals surface area contributed by atoms with Crippen LogP contribution in [-0.4, -0.2) is 38.4 Å². The number of anilines is 1. The van der Waals surface area contributed by atoms with Gasteiger partial charge >= 0.3 is 0 Å². The number of thioether (sulfide) groups is 1. The molecule has 33 heavy (non-hydrogen) atoms. The van der Waals surface area contributed by atoms with Crippen LogP contribution in [0.25, 0.3) is 0 Å². The molecule has 0 saturated heterocycles. The molecule has 2 N–H and O–H groups in total. The molecule has 1 heterocycles. The van der Waals surface area contributed by atoms with E-state index in [1.807, 2.05) is 66.1 Å². The van der Waals surface area contributed by atoms with Crippen molar-refractivity contribution in [2.24, 2.45) is 0 Å². The highest BCUT2D eigenvalue weighted by Gasteiger charge is 2.18. The fourth-order valence-electron chi connectivity index (χ4n) is 3.09. The summed E-state index contributed by atoms with van der Waals surface area (Å²) >= 11 is 1.30. The van der Waals surface area contributed by atoms with E-state index in [-0.39, 0.29) is 24.1 Å². The van der Waals surface area contributed by atoms with Gasteiger partial charge < -0.3 is 19.9 Å². The number of hydrogen-bond donors (Lipinski definition) is 2. The maximum atomic E-state index is 12.5. The molecule has 1 aromatic heterocycles. The maximum absolute atomic E-state index is 12.5. The molecule has 2 aromatic carbocycles. The lowest BCUT2D eigenvalue weighted by molar-refractivity contribution is -0.127. The van der Waals surface area contributed by atoms with Crippen LogP contribution in [0.2, 0.25) is 0 Å². The zero-order valence-electron chi connectivity index (χ0n) is 19.1. The van der Waals surface area contributed by atoms with Crippen LogP contribution in [-0.2, 0) is 29.1 Å². The van der Waals surface area contributed by atoms with E-state index >= 15 is 0 Å². The number of rotatable bonds is 11. The van der Waals surface area contributed by atoms with Gasteiger partial charge in [0.15, 0.2) is 17.1 Å². The Morgan fingerprint density at radius 2 is 1.79 bits per heavy atom. The molecule has 0 radical (unpaired) electrons. The Bertz CT molecular complexity index is 1050. The molecule has 0 saturated carbocycles.